The Morgan fingerprint density at radius 1 is 1.15 bits per heavy atom. The Hall–Kier alpha value is -1.71. The fourth-order valence-corrected chi connectivity index (χ4v) is 1.36. The number of aromatic nitrogens is 3. The van der Waals surface area contributed by atoms with Gasteiger partial charge in [0.2, 0.25) is 11.9 Å². The highest BCUT2D eigenvalue weighted by Gasteiger charge is 2.11. The zero-order valence-corrected chi connectivity index (χ0v) is 12.2. The summed E-state index contributed by atoms with van der Waals surface area (Å²) in [7, 11) is 3.22. The molecule has 0 amide bonds. The second kappa shape index (κ2) is 8.46. The van der Waals surface area contributed by atoms with E-state index < -0.39 is 0 Å². The second-order valence-electron chi connectivity index (χ2n) is 4.27. The van der Waals surface area contributed by atoms with Gasteiger partial charge in [0.05, 0.1) is 18.8 Å². The fourth-order valence-electron chi connectivity index (χ4n) is 1.36. The van der Waals surface area contributed by atoms with E-state index in [1.54, 1.807) is 14.2 Å². The van der Waals surface area contributed by atoms with Crippen molar-refractivity contribution in [2.75, 3.05) is 38.1 Å². The van der Waals surface area contributed by atoms with Crippen molar-refractivity contribution >= 4 is 11.9 Å². The minimum Gasteiger partial charge on any atom is -0.461 e. The van der Waals surface area contributed by atoms with Crippen LogP contribution < -0.4 is 21.3 Å². The molecular weight excluding hydrogens is 264 g/mol. The monoisotopic (exact) mass is 286 g/mol. The molecule has 0 spiro atoms. The molecule has 1 aromatic heterocycles. The number of rotatable bonds is 9. The van der Waals surface area contributed by atoms with Gasteiger partial charge >= 0.3 is 6.01 Å². The van der Waals surface area contributed by atoms with Crippen molar-refractivity contribution in [1.29, 1.82) is 0 Å². The highest BCUT2D eigenvalue weighted by molar-refractivity contribution is 5.35. The van der Waals surface area contributed by atoms with Crippen LogP contribution in [0.3, 0.4) is 0 Å². The molecule has 0 radical (unpaired) electrons. The van der Waals surface area contributed by atoms with E-state index in [1.165, 1.54) is 0 Å². The summed E-state index contributed by atoms with van der Waals surface area (Å²) in [6.07, 6.45) is -0.156. The first-order valence-electron chi connectivity index (χ1n) is 6.24. The highest BCUT2D eigenvalue weighted by Crippen LogP contribution is 2.12. The van der Waals surface area contributed by atoms with E-state index in [-0.39, 0.29) is 24.2 Å². The third kappa shape index (κ3) is 5.51. The molecule has 114 valence electrons. The summed E-state index contributed by atoms with van der Waals surface area (Å²) >= 11 is 0. The van der Waals surface area contributed by atoms with Crippen LogP contribution in [0.1, 0.15) is 13.8 Å². The molecule has 4 N–H and O–H groups in total. The molecule has 9 nitrogen and oxygen atoms in total. The maximum absolute atomic E-state index is 5.42. The topological polar surface area (TPSA) is 116 Å². The van der Waals surface area contributed by atoms with E-state index in [1.807, 2.05) is 13.8 Å². The lowest BCUT2D eigenvalue weighted by Gasteiger charge is -2.15. The molecule has 1 aromatic rings. The lowest BCUT2D eigenvalue weighted by Crippen LogP contribution is -2.27. The maximum atomic E-state index is 5.42. The van der Waals surface area contributed by atoms with Crippen molar-refractivity contribution < 1.29 is 14.2 Å². The molecule has 0 fully saturated rings. The molecule has 1 rings (SSSR count). The van der Waals surface area contributed by atoms with Gasteiger partial charge in [0.1, 0.15) is 0 Å². The van der Waals surface area contributed by atoms with Gasteiger partial charge in [-0.2, -0.15) is 15.0 Å². The van der Waals surface area contributed by atoms with Crippen molar-refractivity contribution in [2.24, 2.45) is 5.84 Å². The number of nitrogens with zero attached hydrogens (tertiary/aromatic N) is 3. The molecule has 0 saturated heterocycles. The normalized spacial score (nSPS) is 12.3. The Kier molecular flexibility index (Phi) is 6.91. The van der Waals surface area contributed by atoms with Crippen LogP contribution in [0.25, 0.3) is 0 Å². The molecule has 0 aliphatic carbocycles. The highest BCUT2D eigenvalue weighted by atomic mass is 16.5. The van der Waals surface area contributed by atoms with E-state index >= 15 is 0 Å². The van der Waals surface area contributed by atoms with E-state index in [2.05, 4.69) is 25.7 Å². The predicted octanol–water partition coefficient (Wildman–Crippen LogP) is 0.0177. The van der Waals surface area contributed by atoms with Crippen molar-refractivity contribution in [3.05, 3.63) is 0 Å². The number of hydrogen-bond acceptors (Lipinski definition) is 9. The Bertz CT molecular complexity index is 404. The summed E-state index contributed by atoms with van der Waals surface area (Å²) < 4.78 is 15.7. The average molecular weight is 286 g/mol. The van der Waals surface area contributed by atoms with Gasteiger partial charge in [-0.1, -0.05) is 0 Å². The first-order valence-corrected chi connectivity index (χ1v) is 6.24. The summed E-state index contributed by atoms with van der Waals surface area (Å²) in [6.45, 7) is 4.71. The zero-order chi connectivity index (χ0) is 15.0. The molecule has 20 heavy (non-hydrogen) atoms. The van der Waals surface area contributed by atoms with Gasteiger partial charge in [0, 0.05) is 20.8 Å². The molecule has 0 aliphatic heterocycles. The number of methoxy groups -OCH3 is 2. The van der Waals surface area contributed by atoms with Gasteiger partial charge in [-0.3, -0.25) is 5.43 Å². The zero-order valence-electron chi connectivity index (χ0n) is 12.2. The quantitative estimate of drug-likeness (QED) is 0.426. The van der Waals surface area contributed by atoms with Crippen LogP contribution >= 0.6 is 0 Å². The third-order valence-corrected chi connectivity index (χ3v) is 2.26. The van der Waals surface area contributed by atoms with Gasteiger partial charge in [-0.05, 0) is 13.8 Å². The molecule has 1 heterocycles. The smallest absolute Gasteiger partial charge is 0.323 e. The van der Waals surface area contributed by atoms with Crippen molar-refractivity contribution in [3.63, 3.8) is 0 Å². The number of ether oxygens (including phenoxy) is 3. The molecule has 9 heteroatoms. The van der Waals surface area contributed by atoms with Crippen molar-refractivity contribution in [2.45, 2.75) is 26.1 Å². The van der Waals surface area contributed by atoms with Gasteiger partial charge in [-0.25, -0.2) is 5.84 Å². The van der Waals surface area contributed by atoms with E-state index in [0.29, 0.717) is 19.1 Å². The van der Waals surface area contributed by atoms with Crippen LogP contribution in [0.15, 0.2) is 0 Å². The van der Waals surface area contributed by atoms with Crippen LogP contribution in [0.2, 0.25) is 0 Å². The number of nitrogens with one attached hydrogen (secondary N) is 2. The molecule has 0 bridgehead atoms. The van der Waals surface area contributed by atoms with E-state index in [4.69, 9.17) is 20.1 Å². The molecular formula is C11H22N6O3. The van der Waals surface area contributed by atoms with Gasteiger partial charge in [0.25, 0.3) is 0 Å². The molecule has 1 atom stereocenters. The third-order valence-electron chi connectivity index (χ3n) is 2.26. The number of nitrogen functional groups attached to an aromatic ring is 1. The van der Waals surface area contributed by atoms with E-state index in [9.17, 15) is 0 Å². The Balaban J connectivity index is 2.72. The van der Waals surface area contributed by atoms with Crippen LogP contribution in [0.5, 0.6) is 6.01 Å². The summed E-state index contributed by atoms with van der Waals surface area (Å²) in [5.41, 5.74) is 2.37. The van der Waals surface area contributed by atoms with Crippen LogP contribution in [0.4, 0.5) is 11.9 Å². The standard InChI is InChI=1S/C11H22N6O3/c1-7(2)20-11-15-9(14-10(16-11)17-12)13-5-8(19-4)6-18-3/h7-8H,5-6,12H2,1-4H3,(H2,13,14,15,16,17). The van der Waals surface area contributed by atoms with E-state index in [0.717, 1.165) is 0 Å². The Labute approximate surface area is 118 Å². The number of anilines is 2. The van der Waals surface area contributed by atoms with Gasteiger partial charge in [-0.15, -0.1) is 0 Å². The maximum Gasteiger partial charge on any atom is 0.323 e. The number of nitrogens with two attached hydrogens (primary N) is 1. The van der Waals surface area contributed by atoms with Crippen LogP contribution in [-0.2, 0) is 9.47 Å². The van der Waals surface area contributed by atoms with Gasteiger partial charge < -0.3 is 19.5 Å². The van der Waals surface area contributed by atoms with Crippen LogP contribution in [0, 0.1) is 0 Å². The summed E-state index contributed by atoms with van der Waals surface area (Å²) in [5.74, 6) is 5.89. The largest absolute Gasteiger partial charge is 0.461 e. The summed E-state index contributed by atoms with van der Waals surface area (Å²) in [5, 5.41) is 3.03. The molecule has 0 aliphatic rings. The van der Waals surface area contributed by atoms with Gasteiger partial charge in [0.15, 0.2) is 0 Å². The number of hydrazine groups is 1. The lowest BCUT2D eigenvalue weighted by atomic mass is 10.4. The predicted molar refractivity (Wildman–Crippen MR) is 74.6 cm³/mol. The summed E-state index contributed by atoms with van der Waals surface area (Å²) in [6, 6.07) is 0.200. The molecule has 0 aromatic carbocycles. The first-order chi connectivity index (χ1) is 9.58. The molecule has 0 saturated carbocycles. The SMILES string of the molecule is COCC(CNc1nc(NN)nc(OC(C)C)n1)OC. The molecule has 1 unspecified atom stereocenters. The van der Waals surface area contributed by atoms with Crippen molar-refractivity contribution in [3.8, 4) is 6.01 Å². The second-order valence-corrected chi connectivity index (χ2v) is 4.27. The summed E-state index contributed by atoms with van der Waals surface area (Å²) in [4.78, 5) is 12.2. The van der Waals surface area contributed by atoms with Crippen molar-refractivity contribution in [1.82, 2.24) is 15.0 Å². The lowest BCUT2D eigenvalue weighted by molar-refractivity contribution is 0.0364. The number of hydrogen-bond donors (Lipinski definition) is 3. The fraction of sp³-hybridized carbons (Fsp3) is 0.727. The van der Waals surface area contributed by atoms with Crippen LogP contribution in [-0.4, -0.2) is 54.5 Å². The minimum absolute atomic E-state index is 0.0453. The Morgan fingerprint density at radius 3 is 2.40 bits per heavy atom. The Morgan fingerprint density at radius 2 is 1.85 bits per heavy atom. The minimum atomic E-state index is -0.111. The average Bonchev–Trinajstić information content (AvgIpc) is 2.42. The first kappa shape index (κ1) is 16.3.